The lowest BCUT2D eigenvalue weighted by molar-refractivity contribution is 0.298. The molecule has 1 aliphatic rings. The Morgan fingerprint density at radius 2 is 1.90 bits per heavy atom. The Bertz CT molecular complexity index is 1440. The summed E-state index contributed by atoms with van der Waals surface area (Å²) in [5, 5.41) is 0. The highest BCUT2D eigenvalue weighted by molar-refractivity contribution is 7.94. The Labute approximate surface area is 247 Å². The fraction of sp³-hybridized carbons (Fsp3) is 0.441. The minimum atomic E-state index is -3.23. The van der Waals surface area contributed by atoms with Crippen LogP contribution < -0.4 is 0 Å². The number of allylic oxidation sites excluding steroid dienone is 5. The molecule has 0 saturated heterocycles. The maximum absolute atomic E-state index is 12.1. The summed E-state index contributed by atoms with van der Waals surface area (Å²) in [6, 6.07) is 8.27. The minimum absolute atomic E-state index is 0.317. The maximum Gasteiger partial charge on any atom is 0.171 e. The molecule has 1 heterocycles. The molecule has 220 valence electrons. The first-order valence-corrected chi connectivity index (χ1v) is 16.4. The van der Waals surface area contributed by atoms with Gasteiger partial charge in [-0.2, -0.15) is 0 Å². The molecular weight excluding hydrogens is 528 g/mol. The maximum atomic E-state index is 12.1. The first kappa shape index (κ1) is 32.2. The van der Waals surface area contributed by atoms with Crippen molar-refractivity contribution in [3.63, 3.8) is 0 Å². The fourth-order valence-corrected chi connectivity index (χ4v) is 6.53. The number of hydrogen-bond donors (Lipinski definition) is 0. The summed E-state index contributed by atoms with van der Waals surface area (Å²) >= 11 is 0. The molecular formula is C34H46N4O2S. The highest BCUT2D eigenvalue weighted by atomic mass is 32.2. The molecule has 3 atom stereocenters. The van der Waals surface area contributed by atoms with E-state index in [2.05, 4.69) is 50.2 Å². The van der Waals surface area contributed by atoms with Crippen LogP contribution in [0.5, 0.6) is 0 Å². The van der Waals surface area contributed by atoms with E-state index in [9.17, 15) is 8.42 Å². The van der Waals surface area contributed by atoms with E-state index in [1.807, 2.05) is 55.8 Å². The molecule has 0 amide bonds. The molecule has 1 aromatic heterocycles. The van der Waals surface area contributed by atoms with Crippen LogP contribution in [0, 0.1) is 17.8 Å². The lowest BCUT2D eigenvalue weighted by Gasteiger charge is -2.25. The van der Waals surface area contributed by atoms with Gasteiger partial charge in [0.2, 0.25) is 0 Å². The number of rotatable bonds is 13. The summed E-state index contributed by atoms with van der Waals surface area (Å²) in [7, 11) is 2.54. The predicted octanol–water partition coefficient (Wildman–Crippen LogP) is 7.27. The first-order valence-electron chi connectivity index (χ1n) is 14.5. The fourth-order valence-electron chi connectivity index (χ4n) is 6.01. The van der Waals surface area contributed by atoms with Gasteiger partial charge >= 0.3 is 0 Å². The number of benzene rings is 1. The summed E-state index contributed by atoms with van der Waals surface area (Å²) in [5.41, 5.74) is 6.09. The number of aromatic nitrogens is 2. The standard InChI is InChI=1S/C34H46N4O2S/c1-9-13-30(21-35-5)32-22-36-34(29-15-12-14-26(19-29)25(10-2)23-38(6)7)37-33(32)20-28-17-16-27(31(28)11-3)18-24(4)41(8,39)40/h10,12-15,19,21-23,27-28,31H,2,4,9,11,16-18,20H2,1,3,5-8H3/b25-23+,30-13+,35-21?. The monoisotopic (exact) mass is 574 g/mol. The van der Waals surface area contributed by atoms with Crippen molar-refractivity contribution in [2.24, 2.45) is 22.7 Å². The summed E-state index contributed by atoms with van der Waals surface area (Å²) in [5.74, 6) is 1.82. The van der Waals surface area contributed by atoms with Crippen molar-refractivity contribution >= 4 is 27.2 Å². The molecule has 7 heteroatoms. The summed E-state index contributed by atoms with van der Waals surface area (Å²) < 4.78 is 24.2. The van der Waals surface area contributed by atoms with Crippen LogP contribution in [0.1, 0.15) is 62.8 Å². The van der Waals surface area contributed by atoms with E-state index in [0.29, 0.717) is 34.9 Å². The van der Waals surface area contributed by atoms with E-state index in [1.165, 1.54) is 6.26 Å². The van der Waals surface area contributed by atoms with Gasteiger partial charge in [-0.15, -0.1) is 0 Å². The molecule has 0 bridgehead atoms. The molecule has 0 spiro atoms. The topological polar surface area (TPSA) is 75.5 Å². The molecule has 1 aliphatic carbocycles. The Balaban J connectivity index is 2.04. The molecule has 0 aliphatic heterocycles. The third-order valence-corrected chi connectivity index (χ3v) is 9.22. The van der Waals surface area contributed by atoms with Gasteiger partial charge in [-0.05, 0) is 72.6 Å². The second-order valence-electron chi connectivity index (χ2n) is 11.2. The van der Waals surface area contributed by atoms with E-state index >= 15 is 0 Å². The van der Waals surface area contributed by atoms with Crippen LogP contribution in [0.3, 0.4) is 0 Å². The molecule has 3 unspecified atom stereocenters. The van der Waals surface area contributed by atoms with Crippen molar-refractivity contribution in [3.8, 4) is 11.4 Å². The third-order valence-electron chi connectivity index (χ3n) is 8.00. The third kappa shape index (κ3) is 8.35. The molecule has 1 aromatic carbocycles. The van der Waals surface area contributed by atoms with Gasteiger partial charge in [-0.1, -0.05) is 63.8 Å². The lowest BCUT2D eigenvalue weighted by Crippen LogP contribution is -2.19. The van der Waals surface area contributed by atoms with E-state index in [4.69, 9.17) is 9.97 Å². The zero-order valence-electron chi connectivity index (χ0n) is 25.6. The SMILES string of the molecule is C=C/C(=C\N(C)C)c1cccc(-c2ncc(/C(C=NC)=C/CC)c(CC3CCC(CC(=C)S(C)(=O)=O)C3CC)n2)c1. The summed E-state index contributed by atoms with van der Waals surface area (Å²) in [6.45, 7) is 12.2. The van der Waals surface area contributed by atoms with Crippen molar-refractivity contribution in [3.05, 3.63) is 83.7 Å². The summed E-state index contributed by atoms with van der Waals surface area (Å²) in [6.07, 6.45) is 16.4. The Kier molecular flexibility index (Phi) is 11.4. The van der Waals surface area contributed by atoms with Gasteiger partial charge in [0.15, 0.2) is 15.7 Å². The van der Waals surface area contributed by atoms with Crippen LogP contribution >= 0.6 is 0 Å². The highest BCUT2D eigenvalue weighted by Gasteiger charge is 2.36. The quantitative estimate of drug-likeness (QED) is 0.186. The zero-order valence-corrected chi connectivity index (χ0v) is 26.4. The van der Waals surface area contributed by atoms with E-state index in [0.717, 1.165) is 65.6 Å². The van der Waals surface area contributed by atoms with Crippen molar-refractivity contribution in [2.45, 2.75) is 52.4 Å². The minimum Gasteiger partial charge on any atom is -0.383 e. The van der Waals surface area contributed by atoms with Crippen LogP contribution in [-0.4, -0.2) is 56.9 Å². The van der Waals surface area contributed by atoms with Crippen LogP contribution in [0.4, 0.5) is 0 Å². The van der Waals surface area contributed by atoms with Crippen LogP contribution in [0.2, 0.25) is 0 Å². The molecule has 2 aromatic rings. The smallest absolute Gasteiger partial charge is 0.171 e. The predicted molar refractivity (Wildman–Crippen MR) is 174 cm³/mol. The number of hydrogen-bond acceptors (Lipinski definition) is 6. The average Bonchev–Trinajstić information content (AvgIpc) is 3.31. The van der Waals surface area contributed by atoms with Crippen LogP contribution in [0.15, 0.2) is 71.9 Å². The van der Waals surface area contributed by atoms with Crippen molar-refractivity contribution in [2.75, 3.05) is 27.4 Å². The Hall–Kier alpha value is -3.32. The molecule has 1 fully saturated rings. The van der Waals surface area contributed by atoms with Gasteiger partial charge in [0, 0.05) is 62.0 Å². The first-order chi connectivity index (χ1) is 19.5. The van der Waals surface area contributed by atoms with E-state index in [1.54, 1.807) is 7.05 Å². The van der Waals surface area contributed by atoms with Gasteiger partial charge < -0.3 is 4.90 Å². The van der Waals surface area contributed by atoms with Crippen molar-refractivity contribution < 1.29 is 8.42 Å². The van der Waals surface area contributed by atoms with E-state index < -0.39 is 9.84 Å². The second kappa shape index (κ2) is 14.5. The van der Waals surface area contributed by atoms with Gasteiger partial charge in [0.1, 0.15) is 0 Å². The van der Waals surface area contributed by atoms with Crippen LogP contribution in [0.25, 0.3) is 22.5 Å². The number of sulfone groups is 1. The van der Waals surface area contributed by atoms with Crippen molar-refractivity contribution in [1.29, 1.82) is 0 Å². The molecule has 3 rings (SSSR count). The average molecular weight is 575 g/mol. The van der Waals surface area contributed by atoms with Gasteiger partial charge in [0.25, 0.3) is 0 Å². The normalized spacial score (nSPS) is 20.0. The molecule has 41 heavy (non-hydrogen) atoms. The zero-order chi connectivity index (χ0) is 30.2. The highest BCUT2D eigenvalue weighted by Crippen LogP contribution is 2.44. The molecule has 6 nitrogen and oxygen atoms in total. The Morgan fingerprint density at radius 1 is 1.17 bits per heavy atom. The Morgan fingerprint density at radius 3 is 2.51 bits per heavy atom. The molecule has 0 N–H and O–H groups in total. The number of aliphatic imine (C=N–C) groups is 1. The van der Waals surface area contributed by atoms with Crippen molar-refractivity contribution in [1.82, 2.24) is 14.9 Å². The molecule has 1 saturated carbocycles. The lowest BCUT2D eigenvalue weighted by atomic mass is 9.82. The van der Waals surface area contributed by atoms with Crippen LogP contribution in [-0.2, 0) is 16.3 Å². The summed E-state index contributed by atoms with van der Waals surface area (Å²) in [4.78, 5) is 16.7. The van der Waals surface area contributed by atoms with Gasteiger partial charge in [0.05, 0.1) is 5.69 Å². The second-order valence-corrected chi connectivity index (χ2v) is 13.4. The number of nitrogens with zero attached hydrogens (tertiary/aromatic N) is 4. The molecule has 0 radical (unpaired) electrons. The largest absolute Gasteiger partial charge is 0.383 e. The van der Waals surface area contributed by atoms with Gasteiger partial charge in [-0.25, -0.2) is 18.4 Å². The van der Waals surface area contributed by atoms with Gasteiger partial charge in [-0.3, -0.25) is 4.99 Å². The van der Waals surface area contributed by atoms with E-state index in [-0.39, 0.29) is 0 Å².